The Morgan fingerprint density at radius 2 is 1.79 bits per heavy atom. The van der Waals surface area contributed by atoms with Gasteiger partial charge in [0.05, 0.1) is 6.54 Å². The molecule has 0 spiro atoms. The van der Waals surface area contributed by atoms with E-state index in [0.29, 0.717) is 35.4 Å². The van der Waals surface area contributed by atoms with Crippen molar-refractivity contribution >= 4 is 17.5 Å². The van der Waals surface area contributed by atoms with Crippen molar-refractivity contribution in [1.29, 1.82) is 0 Å². The molecule has 5 heteroatoms. The topological polar surface area (TPSA) is 46.3 Å². The summed E-state index contributed by atoms with van der Waals surface area (Å²) in [6.45, 7) is 9.36. The van der Waals surface area contributed by atoms with Gasteiger partial charge >= 0.3 is 0 Å². The zero-order chi connectivity index (χ0) is 20.3. The van der Waals surface area contributed by atoms with Gasteiger partial charge < -0.3 is 9.42 Å². The lowest BCUT2D eigenvalue weighted by Crippen LogP contribution is -2.33. The fourth-order valence-corrected chi connectivity index (χ4v) is 3.17. The molecule has 146 valence electrons. The van der Waals surface area contributed by atoms with Crippen molar-refractivity contribution in [2.24, 2.45) is 5.92 Å². The second-order valence-electron chi connectivity index (χ2n) is 7.57. The van der Waals surface area contributed by atoms with Gasteiger partial charge in [0.15, 0.2) is 5.76 Å². The Morgan fingerprint density at radius 3 is 2.43 bits per heavy atom. The zero-order valence-electron chi connectivity index (χ0n) is 16.7. The minimum atomic E-state index is -0.0407. The van der Waals surface area contributed by atoms with Crippen LogP contribution in [0.4, 0.5) is 0 Å². The molecule has 0 aliphatic carbocycles. The third kappa shape index (κ3) is 4.82. The van der Waals surface area contributed by atoms with Crippen LogP contribution in [0.3, 0.4) is 0 Å². The molecule has 0 radical (unpaired) electrons. The molecular weight excluding hydrogens is 372 g/mol. The van der Waals surface area contributed by atoms with E-state index in [-0.39, 0.29) is 5.91 Å². The largest absolute Gasteiger partial charge is 0.356 e. The first-order valence-electron chi connectivity index (χ1n) is 9.41. The summed E-state index contributed by atoms with van der Waals surface area (Å²) in [5.74, 6) is 1.00. The molecule has 1 heterocycles. The first-order chi connectivity index (χ1) is 13.3. The molecule has 0 fully saturated rings. The number of halogens is 1. The SMILES string of the molecule is Cc1ccc(-c2cc(CN(CC(C)C)C(=O)c3ccc(Cl)cc3)no2)cc1C. The van der Waals surface area contributed by atoms with E-state index >= 15 is 0 Å². The van der Waals surface area contributed by atoms with Gasteiger partial charge in [-0.3, -0.25) is 4.79 Å². The van der Waals surface area contributed by atoms with E-state index in [4.69, 9.17) is 16.1 Å². The predicted molar refractivity (Wildman–Crippen MR) is 112 cm³/mol. The molecule has 0 aliphatic rings. The van der Waals surface area contributed by atoms with E-state index in [2.05, 4.69) is 45.0 Å². The molecule has 3 rings (SSSR count). The van der Waals surface area contributed by atoms with Crippen molar-refractivity contribution in [1.82, 2.24) is 10.1 Å². The summed E-state index contributed by atoms with van der Waals surface area (Å²) in [7, 11) is 0. The molecular formula is C23H25ClN2O2. The standard InChI is InChI=1S/C23H25ClN2O2/c1-15(2)13-26(23(27)18-7-9-20(24)10-8-18)14-21-12-22(28-25-21)19-6-5-16(3)17(4)11-19/h5-12,15H,13-14H2,1-4H3. The second-order valence-corrected chi connectivity index (χ2v) is 8.00. The Bertz CT molecular complexity index is 961. The van der Waals surface area contributed by atoms with E-state index in [1.54, 1.807) is 29.2 Å². The quantitative estimate of drug-likeness (QED) is 0.520. The Labute approximate surface area is 171 Å². The molecule has 0 unspecified atom stereocenters. The van der Waals surface area contributed by atoms with Gasteiger partial charge in [-0.15, -0.1) is 0 Å². The highest BCUT2D eigenvalue weighted by atomic mass is 35.5. The average molecular weight is 397 g/mol. The maximum atomic E-state index is 13.0. The van der Waals surface area contributed by atoms with Crippen LogP contribution in [-0.2, 0) is 6.54 Å². The smallest absolute Gasteiger partial charge is 0.254 e. The second kappa shape index (κ2) is 8.61. The fraction of sp³-hybridized carbons (Fsp3) is 0.304. The van der Waals surface area contributed by atoms with Gasteiger partial charge in [-0.25, -0.2) is 0 Å². The van der Waals surface area contributed by atoms with E-state index in [1.807, 2.05) is 12.1 Å². The lowest BCUT2D eigenvalue weighted by atomic mass is 10.0. The molecule has 0 saturated carbocycles. The van der Waals surface area contributed by atoms with Crippen molar-refractivity contribution < 1.29 is 9.32 Å². The van der Waals surface area contributed by atoms with Crippen LogP contribution in [0, 0.1) is 19.8 Å². The third-order valence-corrected chi connectivity index (χ3v) is 4.92. The van der Waals surface area contributed by atoms with Gasteiger partial charge in [-0.05, 0) is 61.2 Å². The monoisotopic (exact) mass is 396 g/mol. The molecule has 2 aromatic carbocycles. The highest BCUT2D eigenvalue weighted by Gasteiger charge is 2.19. The number of hydrogen-bond acceptors (Lipinski definition) is 3. The van der Waals surface area contributed by atoms with Crippen molar-refractivity contribution in [2.75, 3.05) is 6.54 Å². The Balaban J connectivity index is 1.81. The van der Waals surface area contributed by atoms with Gasteiger partial charge in [0.1, 0.15) is 5.69 Å². The van der Waals surface area contributed by atoms with Gasteiger partial charge in [0.25, 0.3) is 5.91 Å². The van der Waals surface area contributed by atoms with Crippen LogP contribution < -0.4 is 0 Å². The van der Waals surface area contributed by atoms with Crippen LogP contribution >= 0.6 is 11.6 Å². The Kier molecular flexibility index (Phi) is 6.20. The third-order valence-electron chi connectivity index (χ3n) is 4.67. The molecule has 3 aromatic rings. The first-order valence-corrected chi connectivity index (χ1v) is 9.79. The van der Waals surface area contributed by atoms with Crippen molar-refractivity contribution in [3.05, 3.63) is 75.9 Å². The number of carbonyl (C=O) groups excluding carboxylic acids is 1. The van der Waals surface area contributed by atoms with Crippen molar-refractivity contribution in [3.63, 3.8) is 0 Å². The molecule has 0 aliphatic heterocycles. The number of carbonyl (C=O) groups is 1. The summed E-state index contributed by atoms with van der Waals surface area (Å²) in [6, 6.07) is 15.1. The summed E-state index contributed by atoms with van der Waals surface area (Å²) >= 11 is 5.94. The number of aryl methyl sites for hydroxylation is 2. The van der Waals surface area contributed by atoms with E-state index in [0.717, 1.165) is 11.3 Å². The van der Waals surface area contributed by atoms with Gasteiger partial charge in [-0.2, -0.15) is 0 Å². The van der Waals surface area contributed by atoms with Crippen LogP contribution in [0.15, 0.2) is 53.1 Å². The zero-order valence-corrected chi connectivity index (χ0v) is 17.5. The molecule has 0 saturated heterocycles. The maximum absolute atomic E-state index is 13.0. The number of rotatable bonds is 6. The van der Waals surface area contributed by atoms with Crippen LogP contribution in [0.5, 0.6) is 0 Å². The Hall–Kier alpha value is -2.59. The van der Waals surface area contributed by atoms with E-state index < -0.39 is 0 Å². The predicted octanol–water partition coefficient (Wildman–Crippen LogP) is 5.91. The lowest BCUT2D eigenvalue weighted by molar-refractivity contribution is 0.0719. The molecule has 0 N–H and O–H groups in total. The van der Waals surface area contributed by atoms with Gasteiger partial charge in [0.2, 0.25) is 0 Å². The minimum absolute atomic E-state index is 0.0407. The van der Waals surface area contributed by atoms with E-state index in [9.17, 15) is 4.79 Å². The summed E-state index contributed by atoms with van der Waals surface area (Å²) in [5.41, 5.74) is 4.77. The summed E-state index contributed by atoms with van der Waals surface area (Å²) < 4.78 is 5.55. The molecule has 4 nitrogen and oxygen atoms in total. The number of nitrogens with zero attached hydrogens (tertiary/aromatic N) is 2. The number of hydrogen-bond donors (Lipinski definition) is 0. The normalized spacial score (nSPS) is 11.1. The number of aromatic nitrogens is 1. The molecule has 28 heavy (non-hydrogen) atoms. The minimum Gasteiger partial charge on any atom is -0.356 e. The molecule has 0 bridgehead atoms. The van der Waals surface area contributed by atoms with Crippen molar-refractivity contribution in [2.45, 2.75) is 34.2 Å². The van der Waals surface area contributed by atoms with Crippen LogP contribution in [-0.4, -0.2) is 22.5 Å². The number of amides is 1. The molecule has 1 amide bonds. The summed E-state index contributed by atoms with van der Waals surface area (Å²) in [5, 5.41) is 4.80. The Morgan fingerprint density at radius 1 is 1.07 bits per heavy atom. The number of benzene rings is 2. The first kappa shape index (κ1) is 20.2. The highest BCUT2D eigenvalue weighted by molar-refractivity contribution is 6.30. The van der Waals surface area contributed by atoms with Gasteiger partial charge in [0, 0.05) is 28.8 Å². The summed E-state index contributed by atoms with van der Waals surface area (Å²) in [6.07, 6.45) is 0. The summed E-state index contributed by atoms with van der Waals surface area (Å²) in [4.78, 5) is 14.8. The molecule has 1 aromatic heterocycles. The van der Waals surface area contributed by atoms with Crippen LogP contribution in [0.2, 0.25) is 5.02 Å². The fourth-order valence-electron chi connectivity index (χ4n) is 3.05. The molecule has 0 atom stereocenters. The van der Waals surface area contributed by atoms with Crippen LogP contribution in [0.25, 0.3) is 11.3 Å². The highest BCUT2D eigenvalue weighted by Crippen LogP contribution is 2.24. The lowest BCUT2D eigenvalue weighted by Gasteiger charge is -2.23. The van der Waals surface area contributed by atoms with Gasteiger partial charge in [-0.1, -0.05) is 42.7 Å². The van der Waals surface area contributed by atoms with Crippen LogP contribution in [0.1, 0.15) is 41.0 Å². The van der Waals surface area contributed by atoms with E-state index in [1.165, 1.54) is 11.1 Å². The maximum Gasteiger partial charge on any atom is 0.254 e. The average Bonchev–Trinajstić information content (AvgIpc) is 3.12. The van der Waals surface area contributed by atoms with Crippen molar-refractivity contribution in [3.8, 4) is 11.3 Å².